The van der Waals surface area contributed by atoms with Gasteiger partial charge < -0.3 is 4.74 Å². The first kappa shape index (κ1) is 14.0. The van der Waals surface area contributed by atoms with E-state index in [9.17, 15) is 8.42 Å². The second-order valence-electron chi connectivity index (χ2n) is 3.31. The highest BCUT2D eigenvalue weighted by atomic mass is 35.5. The molecular formula is C9H13Cl2NO3S. The molecule has 0 aliphatic heterocycles. The third-order valence-corrected chi connectivity index (χ3v) is 4.94. The summed E-state index contributed by atoms with van der Waals surface area (Å²) in [5.41, 5.74) is 0. The van der Waals surface area contributed by atoms with Gasteiger partial charge in [-0.25, -0.2) is 13.1 Å². The van der Waals surface area contributed by atoms with E-state index in [2.05, 4.69) is 4.72 Å². The average Bonchev–Trinajstić information content (AvgIpc) is 2.17. The lowest BCUT2D eigenvalue weighted by molar-refractivity contribution is 0.204. The Morgan fingerprint density at radius 2 is 2.31 bits per heavy atom. The van der Waals surface area contributed by atoms with Crippen LogP contribution in [0, 0.1) is 0 Å². The molecule has 92 valence electrons. The van der Waals surface area contributed by atoms with Gasteiger partial charge in [-0.15, -0.1) is 0 Å². The summed E-state index contributed by atoms with van der Waals surface area (Å²) in [6, 6.07) is 0. The number of alkyl halides is 1. The fourth-order valence-electron chi connectivity index (χ4n) is 1.23. The molecule has 0 fully saturated rings. The van der Waals surface area contributed by atoms with E-state index in [1.807, 2.05) is 0 Å². The van der Waals surface area contributed by atoms with Crippen molar-refractivity contribution in [3.63, 3.8) is 0 Å². The number of sulfonamides is 1. The first-order chi connectivity index (χ1) is 7.41. The Bertz CT molecular complexity index is 405. The van der Waals surface area contributed by atoms with E-state index in [4.69, 9.17) is 27.9 Å². The Morgan fingerprint density at radius 3 is 2.88 bits per heavy atom. The Morgan fingerprint density at radius 1 is 1.62 bits per heavy atom. The number of ether oxygens (including phenoxy) is 1. The molecule has 1 unspecified atom stereocenters. The predicted octanol–water partition coefficient (Wildman–Crippen LogP) is 1.57. The van der Waals surface area contributed by atoms with Gasteiger partial charge >= 0.3 is 0 Å². The van der Waals surface area contributed by atoms with Crippen molar-refractivity contribution in [3.05, 3.63) is 23.3 Å². The Kier molecular flexibility index (Phi) is 4.82. The Labute approximate surface area is 105 Å². The minimum Gasteiger partial charge on any atom is -0.383 e. The van der Waals surface area contributed by atoms with Crippen LogP contribution in [-0.2, 0) is 14.8 Å². The maximum Gasteiger partial charge on any atom is 0.235 e. The van der Waals surface area contributed by atoms with Crippen LogP contribution in [0.4, 0.5) is 0 Å². The lowest BCUT2D eigenvalue weighted by Crippen LogP contribution is -2.42. The number of methoxy groups -OCH3 is 1. The summed E-state index contributed by atoms with van der Waals surface area (Å²) < 4.78 is 29.4. The van der Waals surface area contributed by atoms with E-state index in [-0.39, 0.29) is 13.0 Å². The van der Waals surface area contributed by atoms with E-state index >= 15 is 0 Å². The molecule has 0 spiro atoms. The van der Waals surface area contributed by atoms with Crippen molar-refractivity contribution in [1.82, 2.24) is 4.72 Å². The molecule has 0 saturated carbocycles. The van der Waals surface area contributed by atoms with Crippen LogP contribution in [0.5, 0.6) is 0 Å². The third kappa shape index (κ3) is 3.21. The molecule has 16 heavy (non-hydrogen) atoms. The number of hydrogen-bond donors (Lipinski definition) is 1. The normalized spacial score (nSPS) is 25.6. The van der Waals surface area contributed by atoms with E-state index in [0.717, 1.165) is 0 Å². The van der Waals surface area contributed by atoms with Crippen LogP contribution < -0.4 is 4.72 Å². The average molecular weight is 286 g/mol. The van der Waals surface area contributed by atoms with E-state index < -0.39 is 14.2 Å². The number of hydrogen-bond acceptors (Lipinski definition) is 3. The highest BCUT2D eigenvalue weighted by Crippen LogP contribution is 2.34. The molecule has 1 atom stereocenters. The standard InChI is InChI=1S/C9H13Cl2NO3S/c1-15-6-5-12-16(13,14)9(11)4-2-3-8(10)7-9/h2-3,7,12H,4-6H2,1H3. The largest absolute Gasteiger partial charge is 0.383 e. The third-order valence-electron chi connectivity index (χ3n) is 2.07. The molecule has 7 heteroatoms. The van der Waals surface area contributed by atoms with Crippen LogP contribution in [0.15, 0.2) is 23.3 Å². The van der Waals surface area contributed by atoms with Crippen LogP contribution in [0.2, 0.25) is 0 Å². The molecule has 0 radical (unpaired) electrons. The molecule has 0 aromatic rings. The fraction of sp³-hybridized carbons (Fsp3) is 0.556. The van der Waals surface area contributed by atoms with Gasteiger partial charge in [-0.1, -0.05) is 29.3 Å². The maximum absolute atomic E-state index is 11.9. The summed E-state index contributed by atoms with van der Waals surface area (Å²) in [5, 5.41) is 0.318. The zero-order valence-corrected chi connectivity index (χ0v) is 11.1. The van der Waals surface area contributed by atoms with Crippen molar-refractivity contribution in [2.45, 2.75) is 10.6 Å². The number of allylic oxidation sites excluding steroid dienone is 3. The molecule has 0 saturated heterocycles. The van der Waals surface area contributed by atoms with Gasteiger partial charge in [-0.3, -0.25) is 0 Å². The van der Waals surface area contributed by atoms with Crippen LogP contribution >= 0.6 is 23.2 Å². The van der Waals surface area contributed by atoms with Gasteiger partial charge in [0, 0.05) is 25.1 Å². The lowest BCUT2D eigenvalue weighted by Gasteiger charge is -2.24. The highest BCUT2D eigenvalue weighted by Gasteiger charge is 2.40. The molecule has 1 aliphatic carbocycles. The topological polar surface area (TPSA) is 55.4 Å². The lowest BCUT2D eigenvalue weighted by atomic mass is 10.2. The quantitative estimate of drug-likeness (QED) is 0.616. The monoisotopic (exact) mass is 285 g/mol. The second-order valence-corrected chi connectivity index (χ2v) is 6.67. The second kappa shape index (κ2) is 5.51. The summed E-state index contributed by atoms with van der Waals surface area (Å²) in [5.74, 6) is 0. The molecule has 1 rings (SSSR count). The Balaban J connectivity index is 2.79. The van der Waals surface area contributed by atoms with Gasteiger partial charge in [0.05, 0.1) is 6.61 Å². The molecule has 1 N–H and O–H groups in total. The molecule has 0 heterocycles. The van der Waals surface area contributed by atoms with Gasteiger partial charge in [0.15, 0.2) is 4.21 Å². The van der Waals surface area contributed by atoms with Crippen LogP contribution in [0.3, 0.4) is 0 Å². The molecule has 0 amide bonds. The molecule has 4 nitrogen and oxygen atoms in total. The van der Waals surface area contributed by atoms with Crippen molar-refractivity contribution in [2.75, 3.05) is 20.3 Å². The maximum atomic E-state index is 11.9. The fourth-order valence-corrected chi connectivity index (χ4v) is 3.19. The zero-order valence-electron chi connectivity index (χ0n) is 8.74. The molecule has 0 bridgehead atoms. The molecule has 0 aromatic carbocycles. The smallest absolute Gasteiger partial charge is 0.235 e. The van der Waals surface area contributed by atoms with Crippen molar-refractivity contribution in [2.24, 2.45) is 0 Å². The number of nitrogens with one attached hydrogen (secondary N) is 1. The van der Waals surface area contributed by atoms with Gasteiger partial charge in [0.2, 0.25) is 10.0 Å². The first-order valence-corrected chi connectivity index (χ1v) is 6.87. The molecular weight excluding hydrogens is 273 g/mol. The summed E-state index contributed by atoms with van der Waals surface area (Å²) in [7, 11) is -2.17. The Hall–Kier alpha value is -0.0700. The van der Waals surface area contributed by atoms with Crippen molar-refractivity contribution < 1.29 is 13.2 Å². The first-order valence-electron chi connectivity index (χ1n) is 4.63. The van der Waals surface area contributed by atoms with Crippen molar-refractivity contribution in [1.29, 1.82) is 0 Å². The van der Waals surface area contributed by atoms with Crippen molar-refractivity contribution in [3.8, 4) is 0 Å². The number of rotatable bonds is 5. The van der Waals surface area contributed by atoms with Gasteiger partial charge in [-0.05, 0) is 12.2 Å². The van der Waals surface area contributed by atoms with Gasteiger partial charge in [-0.2, -0.15) is 0 Å². The zero-order chi connectivity index (χ0) is 12.2. The minimum absolute atomic E-state index is 0.183. The molecule has 1 aliphatic rings. The predicted molar refractivity (Wildman–Crippen MR) is 65.1 cm³/mol. The van der Waals surface area contributed by atoms with Crippen molar-refractivity contribution >= 4 is 33.2 Å². The van der Waals surface area contributed by atoms with E-state index in [1.54, 1.807) is 12.2 Å². The van der Waals surface area contributed by atoms with E-state index in [0.29, 0.717) is 11.6 Å². The van der Waals surface area contributed by atoms with Crippen LogP contribution in [0.25, 0.3) is 0 Å². The van der Waals surface area contributed by atoms with Crippen LogP contribution in [0.1, 0.15) is 6.42 Å². The van der Waals surface area contributed by atoms with Gasteiger partial charge in [0.1, 0.15) is 0 Å². The summed E-state index contributed by atoms with van der Waals surface area (Å²) in [6.45, 7) is 0.474. The number of halogens is 2. The highest BCUT2D eigenvalue weighted by molar-refractivity contribution is 7.92. The van der Waals surface area contributed by atoms with Crippen LogP contribution in [-0.4, -0.2) is 32.9 Å². The molecule has 0 aromatic heterocycles. The SMILES string of the molecule is COCCNS(=O)(=O)C1(Cl)C=C(Cl)C=CC1. The summed E-state index contributed by atoms with van der Waals surface area (Å²) in [4.78, 5) is 0. The summed E-state index contributed by atoms with van der Waals surface area (Å²) >= 11 is 11.8. The minimum atomic E-state index is -3.66. The van der Waals surface area contributed by atoms with E-state index in [1.165, 1.54) is 13.2 Å². The van der Waals surface area contributed by atoms with Gasteiger partial charge in [0.25, 0.3) is 0 Å². The summed E-state index contributed by atoms with van der Waals surface area (Å²) in [6.07, 6.45) is 4.76.